The van der Waals surface area contributed by atoms with Gasteiger partial charge in [-0.05, 0) is 45.7 Å². The van der Waals surface area contributed by atoms with E-state index in [-0.39, 0.29) is 12.4 Å². The van der Waals surface area contributed by atoms with Crippen LogP contribution in [0.1, 0.15) is 30.5 Å². The highest BCUT2D eigenvalue weighted by atomic mass is 35.5. The highest BCUT2D eigenvalue weighted by Crippen LogP contribution is 2.26. The van der Waals surface area contributed by atoms with E-state index >= 15 is 0 Å². The van der Waals surface area contributed by atoms with Crippen molar-refractivity contribution in [1.29, 1.82) is 0 Å². The van der Waals surface area contributed by atoms with Gasteiger partial charge in [-0.3, -0.25) is 4.58 Å². The average Bonchev–Trinajstić information content (AvgIpc) is 2.61. The van der Waals surface area contributed by atoms with Crippen molar-refractivity contribution in [2.75, 3.05) is 24.5 Å². The van der Waals surface area contributed by atoms with E-state index in [1.807, 2.05) is 13.8 Å². The van der Waals surface area contributed by atoms with Gasteiger partial charge in [0.2, 0.25) is 6.34 Å². The number of anilines is 1. The number of aryl methyl sites for hydroxylation is 3. The average molecular weight is 297 g/mol. The van der Waals surface area contributed by atoms with E-state index in [0.29, 0.717) is 6.54 Å². The number of nitrogens with zero attached hydrogens (tertiary/aromatic N) is 2. The molecule has 1 N–H and O–H groups in total. The molecule has 0 radical (unpaired) electrons. The normalized spacial score (nSPS) is 15.1. The lowest BCUT2D eigenvalue weighted by atomic mass is 10.0. The van der Waals surface area contributed by atoms with Gasteiger partial charge >= 0.3 is 0 Å². The quantitative estimate of drug-likeness (QED) is 0.743. The van der Waals surface area contributed by atoms with Crippen molar-refractivity contribution in [3.8, 4) is 0 Å². The van der Waals surface area contributed by atoms with Crippen LogP contribution >= 0.6 is 0 Å². The molecular weight excluding hydrogens is 272 g/mol. The molecule has 1 aliphatic rings. The molecule has 0 amide bonds. The Hall–Kier alpha value is -1.06. The van der Waals surface area contributed by atoms with Gasteiger partial charge in [0.1, 0.15) is 25.3 Å². The number of β-amino-alcohol motifs (C(OH)–C–C–N with tert-alkyl or cyclic N) is 1. The van der Waals surface area contributed by atoms with Gasteiger partial charge in [-0.15, -0.1) is 0 Å². The molecule has 20 heavy (non-hydrogen) atoms. The Morgan fingerprint density at radius 1 is 1.20 bits per heavy atom. The fraction of sp³-hybridized carbons (Fsp3) is 0.562. The number of benzene rings is 1. The summed E-state index contributed by atoms with van der Waals surface area (Å²) in [6.07, 6.45) is 2.14. The molecule has 1 aliphatic heterocycles. The second kappa shape index (κ2) is 6.15. The first-order valence-corrected chi connectivity index (χ1v) is 6.92. The zero-order chi connectivity index (χ0) is 14.2. The van der Waals surface area contributed by atoms with Gasteiger partial charge in [0, 0.05) is 0 Å². The van der Waals surface area contributed by atoms with Gasteiger partial charge in [0.15, 0.2) is 0 Å². The van der Waals surface area contributed by atoms with E-state index in [2.05, 4.69) is 48.7 Å². The van der Waals surface area contributed by atoms with Crippen molar-refractivity contribution in [3.05, 3.63) is 28.8 Å². The SMILES string of the molecule is Cc1cc(C)c(N2C=[N+](CC(C)(C)O)CC2)c(C)c1.[Cl-]. The van der Waals surface area contributed by atoms with Crippen LogP contribution in [0.3, 0.4) is 0 Å². The molecule has 2 rings (SSSR count). The smallest absolute Gasteiger partial charge is 0.239 e. The van der Waals surface area contributed by atoms with E-state index in [0.717, 1.165) is 13.1 Å². The van der Waals surface area contributed by atoms with E-state index < -0.39 is 5.60 Å². The Labute approximate surface area is 128 Å². The van der Waals surface area contributed by atoms with Crippen LogP contribution in [0.25, 0.3) is 0 Å². The zero-order valence-corrected chi connectivity index (χ0v) is 13.8. The van der Waals surface area contributed by atoms with Gasteiger partial charge in [-0.2, -0.15) is 0 Å². The molecule has 1 aromatic rings. The summed E-state index contributed by atoms with van der Waals surface area (Å²) < 4.78 is 2.19. The molecule has 0 unspecified atom stereocenters. The standard InChI is InChI=1S/C16H25N2O.ClH/c1-12-8-13(2)15(14(3)9-12)18-7-6-17(11-18)10-16(4,5)19;/h8-9,11,19H,6-7,10H2,1-5H3;1H/q+1;/p-1. The lowest BCUT2D eigenvalue weighted by molar-refractivity contribution is -0.530. The summed E-state index contributed by atoms with van der Waals surface area (Å²) in [4.78, 5) is 2.30. The molecule has 0 aromatic heterocycles. The molecule has 0 spiro atoms. The van der Waals surface area contributed by atoms with Crippen molar-refractivity contribution < 1.29 is 22.1 Å². The summed E-state index contributed by atoms with van der Waals surface area (Å²) in [6.45, 7) is 12.8. The fourth-order valence-corrected chi connectivity index (χ4v) is 2.96. The molecule has 0 atom stereocenters. The van der Waals surface area contributed by atoms with Crippen LogP contribution < -0.4 is 17.3 Å². The van der Waals surface area contributed by atoms with Crippen LogP contribution in [-0.4, -0.2) is 41.3 Å². The minimum absolute atomic E-state index is 0. The van der Waals surface area contributed by atoms with Gasteiger partial charge in [-0.25, -0.2) is 4.90 Å². The third kappa shape index (κ3) is 3.97. The minimum atomic E-state index is -0.649. The molecule has 3 nitrogen and oxygen atoms in total. The van der Waals surface area contributed by atoms with E-state index in [4.69, 9.17) is 0 Å². The largest absolute Gasteiger partial charge is 1.00 e. The van der Waals surface area contributed by atoms with Crippen LogP contribution in [0.4, 0.5) is 5.69 Å². The number of hydrogen-bond acceptors (Lipinski definition) is 2. The summed E-state index contributed by atoms with van der Waals surface area (Å²) >= 11 is 0. The summed E-state index contributed by atoms with van der Waals surface area (Å²) in [6, 6.07) is 4.46. The van der Waals surface area contributed by atoms with Crippen LogP contribution in [0.15, 0.2) is 12.1 Å². The minimum Gasteiger partial charge on any atom is -1.00 e. The monoisotopic (exact) mass is 296 g/mol. The summed E-state index contributed by atoms with van der Waals surface area (Å²) in [5.41, 5.74) is 4.61. The molecular formula is C16H25ClN2O. The lowest BCUT2D eigenvalue weighted by Crippen LogP contribution is -3.00. The number of hydrogen-bond donors (Lipinski definition) is 1. The second-order valence-corrected chi connectivity index (χ2v) is 6.34. The third-order valence-electron chi connectivity index (χ3n) is 3.44. The second-order valence-electron chi connectivity index (χ2n) is 6.34. The van der Waals surface area contributed by atoms with Crippen molar-refractivity contribution >= 4 is 12.0 Å². The van der Waals surface area contributed by atoms with Gasteiger partial charge in [-0.1, -0.05) is 17.7 Å². The Morgan fingerprint density at radius 2 is 1.75 bits per heavy atom. The first-order chi connectivity index (χ1) is 8.76. The molecule has 0 saturated heterocycles. The highest BCUT2D eigenvalue weighted by molar-refractivity contribution is 5.80. The van der Waals surface area contributed by atoms with E-state index in [1.54, 1.807) is 0 Å². The highest BCUT2D eigenvalue weighted by Gasteiger charge is 2.27. The first-order valence-electron chi connectivity index (χ1n) is 6.92. The molecule has 112 valence electrons. The summed E-state index contributed by atoms with van der Waals surface area (Å²) in [7, 11) is 0. The fourth-order valence-electron chi connectivity index (χ4n) is 2.96. The topological polar surface area (TPSA) is 26.5 Å². The van der Waals surface area contributed by atoms with E-state index in [9.17, 15) is 5.11 Å². The predicted molar refractivity (Wildman–Crippen MR) is 80.4 cm³/mol. The predicted octanol–water partition coefficient (Wildman–Crippen LogP) is -0.752. The molecule has 1 heterocycles. The Balaban J connectivity index is 0.00000200. The number of halogens is 1. The summed E-state index contributed by atoms with van der Waals surface area (Å²) in [5.74, 6) is 0. The maximum atomic E-state index is 9.90. The Kier molecular flexibility index (Phi) is 5.22. The molecule has 1 aromatic carbocycles. The van der Waals surface area contributed by atoms with Crippen molar-refractivity contribution in [2.24, 2.45) is 0 Å². The lowest BCUT2D eigenvalue weighted by Gasteiger charge is -2.15. The number of rotatable bonds is 3. The van der Waals surface area contributed by atoms with Crippen molar-refractivity contribution in [3.63, 3.8) is 0 Å². The van der Waals surface area contributed by atoms with Crippen molar-refractivity contribution in [2.45, 2.75) is 40.2 Å². The Bertz CT molecular complexity index is 495. The molecule has 0 aliphatic carbocycles. The molecule has 0 fully saturated rings. The number of aliphatic hydroxyl groups is 1. The third-order valence-corrected chi connectivity index (χ3v) is 3.44. The van der Waals surface area contributed by atoms with Crippen molar-refractivity contribution in [1.82, 2.24) is 0 Å². The maximum absolute atomic E-state index is 9.90. The maximum Gasteiger partial charge on any atom is 0.239 e. The Morgan fingerprint density at radius 3 is 2.25 bits per heavy atom. The molecule has 0 saturated carbocycles. The first kappa shape index (κ1) is 17.0. The summed E-state index contributed by atoms with van der Waals surface area (Å²) in [5, 5.41) is 9.90. The molecule has 0 bridgehead atoms. The zero-order valence-electron chi connectivity index (χ0n) is 13.1. The van der Waals surface area contributed by atoms with Crippen LogP contribution in [0, 0.1) is 20.8 Å². The van der Waals surface area contributed by atoms with Gasteiger partial charge in [0.05, 0.1) is 5.60 Å². The van der Waals surface area contributed by atoms with Crippen LogP contribution in [0.5, 0.6) is 0 Å². The van der Waals surface area contributed by atoms with Crippen LogP contribution in [-0.2, 0) is 0 Å². The van der Waals surface area contributed by atoms with E-state index in [1.165, 1.54) is 22.4 Å². The van der Waals surface area contributed by atoms with Crippen LogP contribution in [0.2, 0.25) is 0 Å². The van der Waals surface area contributed by atoms with Gasteiger partial charge in [0.25, 0.3) is 0 Å². The molecule has 4 heteroatoms. The van der Waals surface area contributed by atoms with Gasteiger partial charge < -0.3 is 17.5 Å².